The lowest BCUT2D eigenvalue weighted by Crippen LogP contribution is -2.39. The van der Waals surface area contributed by atoms with Crippen LogP contribution in [0.15, 0.2) is 57.7 Å². The van der Waals surface area contributed by atoms with Crippen molar-refractivity contribution < 1.29 is 0 Å². The molecule has 0 saturated heterocycles. The standard InChI is InChI=1S/C17H13N5O2S/c1-21-15-12(9-19-14(20-15)13-6-4-8-25-13)16(23)22(17(21)24)10-11-5-2-3-7-18-11/h2-9H,10H2,1H3. The predicted molar refractivity (Wildman–Crippen MR) is 95.7 cm³/mol. The molecule has 4 aromatic rings. The highest BCUT2D eigenvalue weighted by molar-refractivity contribution is 7.13. The molecule has 25 heavy (non-hydrogen) atoms. The Kier molecular flexibility index (Phi) is 3.73. The lowest BCUT2D eigenvalue weighted by atomic mass is 10.3. The quantitative estimate of drug-likeness (QED) is 0.561. The van der Waals surface area contributed by atoms with E-state index < -0.39 is 11.2 Å². The fourth-order valence-electron chi connectivity index (χ4n) is 2.60. The lowest BCUT2D eigenvalue weighted by molar-refractivity contribution is 0.647. The fourth-order valence-corrected chi connectivity index (χ4v) is 3.27. The first-order chi connectivity index (χ1) is 12.1. The third-order valence-electron chi connectivity index (χ3n) is 3.87. The summed E-state index contributed by atoms with van der Waals surface area (Å²) in [6.45, 7) is 0.106. The second-order valence-electron chi connectivity index (χ2n) is 5.46. The molecule has 0 atom stereocenters. The molecule has 0 amide bonds. The highest BCUT2D eigenvalue weighted by Crippen LogP contribution is 2.21. The van der Waals surface area contributed by atoms with Crippen molar-refractivity contribution in [3.05, 3.63) is 74.6 Å². The highest BCUT2D eigenvalue weighted by atomic mass is 32.1. The molecule has 0 aliphatic heterocycles. The van der Waals surface area contributed by atoms with Gasteiger partial charge in [0.2, 0.25) is 0 Å². The van der Waals surface area contributed by atoms with E-state index in [4.69, 9.17) is 0 Å². The number of fused-ring (bicyclic) bond motifs is 1. The van der Waals surface area contributed by atoms with E-state index in [1.807, 2.05) is 23.6 Å². The minimum absolute atomic E-state index is 0.106. The SMILES string of the molecule is Cn1c(=O)n(Cc2ccccn2)c(=O)c2cnc(-c3cccs3)nc21. The minimum atomic E-state index is -0.431. The van der Waals surface area contributed by atoms with E-state index in [0.717, 1.165) is 9.44 Å². The van der Waals surface area contributed by atoms with Gasteiger partial charge in [-0.2, -0.15) is 0 Å². The number of pyridine rings is 1. The summed E-state index contributed by atoms with van der Waals surface area (Å²) in [5.74, 6) is 0.499. The number of aromatic nitrogens is 5. The predicted octanol–water partition coefficient (Wildman–Crippen LogP) is 1.66. The first-order valence-corrected chi connectivity index (χ1v) is 8.43. The summed E-state index contributed by atoms with van der Waals surface area (Å²) in [6.07, 6.45) is 3.11. The van der Waals surface area contributed by atoms with Gasteiger partial charge in [-0.05, 0) is 23.6 Å². The van der Waals surface area contributed by atoms with Gasteiger partial charge in [-0.1, -0.05) is 12.1 Å². The summed E-state index contributed by atoms with van der Waals surface area (Å²) < 4.78 is 2.53. The second-order valence-corrected chi connectivity index (χ2v) is 6.41. The molecule has 8 heteroatoms. The molecular formula is C17H13N5O2S. The molecule has 0 N–H and O–H groups in total. The Morgan fingerprint density at radius 3 is 2.72 bits per heavy atom. The number of hydrogen-bond donors (Lipinski definition) is 0. The summed E-state index contributed by atoms with van der Waals surface area (Å²) >= 11 is 1.50. The van der Waals surface area contributed by atoms with Crippen molar-refractivity contribution in [2.75, 3.05) is 0 Å². The Bertz CT molecular complexity index is 1160. The zero-order valence-electron chi connectivity index (χ0n) is 13.3. The first kappa shape index (κ1) is 15.4. The molecule has 0 aromatic carbocycles. The normalized spacial score (nSPS) is 11.1. The van der Waals surface area contributed by atoms with Gasteiger partial charge in [-0.25, -0.2) is 14.8 Å². The molecule has 0 fully saturated rings. The molecule has 7 nitrogen and oxygen atoms in total. The lowest BCUT2D eigenvalue weighted by Gasteiger charge is -2.10. The second kappa shape index (κ2) is 6.06. The van der Waals surface area contributed by atoms with Gasteiger partial charge >= 0.3 is 5.69 Å². The monoisotopic (exact) mass is 351 g/mol. The van der Waals surface area contributed by atoms with Crippen molar-refractivity contribution in [3.8, 4) is 10.7 Å². The molecule has 4 heterocycles. The van der Waals surface area contributed by atoms with E-state index >= 15 is 0 Å². The van der Waals surface area contributed by atoms with E-state index in [-0.39, 0.29) is 6.54 Å². The van der Waals surface area contributed by atoms with Crippen molar-refractivity contribution in [2.45, 2.75) is 6.54 Å². The molecule has 4 rings (SSSR count). The maximum absolute atomic E-state index is 12.7. The zero-order chi connectivity index (χ0) is 17.4. The number of nitrogens with zero attached hydrogens (tertiary/aromatic N) is 5. The molecule has 0 aliphatic rings. The van der Waals surface area contributed by atoms with Crippen LogP contribution in [0, 0.1) is 0 Å². The number of hydrogen-bond acceptors (Lipinski definition) is 6. The average molecular weight is 351 g/mol. The van der Waals surface area contributed by atoms with Crippen LogP contribution in [0.3, 0.4) is 0 Å². The van der Waals surface area contributed by atoms with Gasteiger partial charge < -0.3 is 0 Å². The van der Waals surface area contributed by atoms with E-state index in [1.165, 1.54) is 22.1 Å². The van der Waals surface area contributed by atoms with Crippen molar-refractivity contribution in [1.82, 2.24) is 24.1 Å². The van der Waals surface area contributed by atoms with E-state index in [1.54, 1.807) is 25.4 Å². The number of rotatable bonds is 3. The molecule has 0 saturated carbocycles. The first-order valence-electron chi connectivity index (χ1n) is 7.55. The van der Waals surface area contributed by atoms with Crippen LogP contribution < -0.4 is 11.2 Å². The van der Waals surface area contributed by atoms with Crippen molar-refractivity contribution in [3.63, 3.8) is 0 Å². The Balaban J connectivity index is 1.91. The van der Waals surface area contributed by atoms with Gasteiger partial charge in [0.15, 0.2) is 11.5 Å². The number of thiophene rings is 1. The summed E-state index contributed by atoms with van der Waals surface area (Å²) in [5.41, 5.74) is 0.114. The van der Waals surface area contributed by atoms with Crippen molar-refractivity contribution in [2.24, 2.45) is 7.05 Å². The topological polar surface area (TPSA) is 82.7 Å². The van der Waals surface area contributed by atoms with E-state index in [9.17, 15) is 9.59 Å². The Labute approximate surface area is 145 Å². The molecule has 4 aromatic heterocycles. The molecular weight excluding hydrogens is 338 g/mol. The summed E-state index contributed by atoms with van der Waals surface area (Å²) in [4.78, 5) is 39.2. The van der Waals surface area contributed by atoms with Crippen LogP contribution in [-0.4, -0.2) is 24.1 Å². The highest BCUT2D eigenvalue weighted by Gasteiger charge is 2.15. The molecule has 124 valence electrons. The smallest absolute Gasteiger partial charge is 0.280 e. The van der Waals surface area contributed by atoms with Crippen LogP contribution >= 0.6 is 11.3 Å². The van der Waals surface area contributed by atoms with Crippen LogP contribution in [0.25, 0.3) is 21.7 Å². The van der Waals surface area contributed by atoms with Crippen LogP contribution in [0.1, 0.15) is 5.69 Å². The van der Waals surface area contributed by atoms with Crippen LogP contribution in [0.4, 0.5) is 0 Å². The van der Waals surface area contributed by atoms with E-state index in [2.05, 4.69) is 15.0 Å². The van der Waals surface area contributed by atoms with Gasteiger partial charge in [0, 0.05) is 19.4 Å². The average Bonchev–Trinajstić information content (AvgIpc) is 3.18. The van der Waals surface area contributed by atoms with Gasteiger partial charge in [0.25, 0.3) is 5.56 Å². The third-order valence-corrected chi connectivity index (χ3v) is 4.73. The maximum Gasteiger partial charge on any atom is 0.332 e. The van der Waals surface area contributed by atoms with Gasteiger partial charge in [0.1, 0.15) is 5.39 Å². The minimum Gasteiger partial charge on any atom is -0.280 e. The Hall–Kier alpha value is -3.13. The van der Waals surface area contributed by atoms with Crippen LogP contribution in [-0.2, 0) is 13.6 Å². The van der Waals surface area contributed by atoms with Crippen LogP contribution in [0.2, 0.25) is 0 Å². The Morgan fingerprint density at radius 2 is 2.00 bits per heavy atom. The fraction of sp³-hybridized carbons (Fsp3) is 0.118. The van der Waals surface area contributed by atoms with Crippen molar-refractivity contribution in [1.29, 1.82) is 0 Å². The van der Waals surface area contributed by atoms with Gasteiger partial charge in [-0.3, -0.25) is 18.9 Å². The van der Waals surface area contributed by atoms with Gasteiger partial charge in [-0.15, -0.1) is 11.3 Å². The summed E-state index contributed by atoms with van der Waals surface area (Å²) in [7, 11) is 1.60. The van der Waals surface area contributed by atoms with Gasteiger partial charge in [0.05, 0.1) is 17.1 Å². The largest absolute Gasteiger partial charge is 0.332 e. The van der Waals surface area contributed by atoms with Crippen molar-refractivity contribution >= 4 is 22.4 Å². The third kappa shape index (κ3) is 2.66. The van der Waals surface area contributed by atoms with E-state index in [0.29, 0.717) is 22.6 Å². The number of aryl methyl sites for hydroxylation is 1. The summed E-state index contributed by atoms with van der Waals surface area (Å²) in [5, 5.41) is 2.23. The zero-order valence-corrected chi connectivity index (χ0v) is 14.1. The molecule has 0 unspecified atom stereocenters. The molecule has 0 bridgehead atoms. The molecule has 0 aliphatic carbocycles. The van der Waals surface area contributed by atoms with Crippen LogP contribution in [0.5, 0.6) is 0 Å². The maximum atomic E-state index is 12.7. The Morgan fingerprint density at radius 1 is 1.12 bits per heavy atom. The molecule has 0 spiro atoms. The summed E-state index contributed by atoms with van der Waals surface area (Å²) in [6, 6.07) is 9.16. The molecule has 0 radical (unpaired) electrons.